The number of anilines is 1. The average Bonchev–Trinajstić information content (AvgIpc) is 2.25. The van der Waals surface area contributed by atoms with E-state index in [-0.39, 0.29) is 18.6 Å². The van der Waals surface area contributed by atoms with E-state index in [1.54, 1.807) is 6.92 Å². The fourth-order valence-electron chi connectivity index (χ4n) is 1.05. The molecule has 0 saturated heterocycles. The highest BCUT2D eigenvalue weighted by atomic mass is 19.4. The summed E-state index contributed by atoms with van der Waals surface area (Å²) in [6.45, 7) is 1.61. The lowest BCUT2D eigenvalue weighted by molar-refractivity contribution is -0.141. The molecule has 0 amide bonds. The second kappa shape index (κ2) is 5.11. The number of rotatable bonds is 4. The van der Waals surface area contributed by atoms with Crippen LogP contribution in [0.25, 0.3) is 0 Å². The summed E-state index contributed by atoms with van der Waals surface area (Å²) in [6.07, 6.45) is -2.89. The van der Waals surface area contributed by atoms with Crippen molar-refractivity contribution >= 4 is 5.95 Å². The molecule has 16 heavy (non-hydrogen) atoms. The number of halogens is 3. The van der Waals surface area contributed by atoms with Gasteiger partial charge in [-0.05, 0) is 12.5 Å². The van der Waals surface area contributed by atoms with Crippen LogP contribution in [0.15, 0.2) is 12.3 Å². The summed E-state index contributed by atoms with van der Waals surface area (Å²) >= 11 is 0. The van der Waals surface area contributed by atoms with Gasteiger partial charge in [0.2, 0.25) is 5.95 Å². The Morgan fingerprint density at radius 3 is 2.69 bits per heavy atom. The predicted molar refractivity (Wildman–Crippen MR) is 51.8 cm³/mol. The predicted octanol–water partition coefficient (Wildman–Crippen LogP) is 1.68. The van der Waals surface area contributed by atoms with Gasteiger partial charge in [0.25, 0.3) is 0 Å². The van der Waals surface area contributed by atoms with Gasteiger partial charge < -0.3 is 10.4 Å². The highest BCUT2D eigenvalue weighted by Crippen LogP contribution is 2.27. The van der Waals surface area contributed by atoms with Gasteiger partial charge in [0.1, 0.15) is 5.69 Å². The summed E-state index contributed by atoms with van der Waals surface area (Å²) in [6, 6.07) is 0.453. The second-order valence-electron chi connectivity index (χ2n) is 3.20. The summed E-state index contributed by atoms with van der Waals surface area (Å²) in [7, 11) is 0. The number of nitrogens with zero attached hydrogens (tertiary/aromatic N) is 2. The summed E-state index contributed by atoms with van der Waals surface area (Å²) in [5.41, 5.74) is -1.00. The van der Waals surface area contributed by atoms with Crippen molar-refractivity contribution in [2.45, 2.75) is 25.6 Å². The molecule has 0 aliphatic rings. The zero-order valence-electron chi connectivity index (χ0n) is 8.62. The van der Waals surface area contributed by atoms with Crippen molar-refractivity contribution in [2.24, 2.45) is 0 Å². The molecule has 0 saturated carbocycles. The molecular formula is C9H12F3N3O. The first-order chi connectivity index (χ1) is 7.47. The molecule has 1 atom stereocenters. The Kier molecular flexibility index (Phi) is 4.05. The first-order valence-corrected chi connectivity index (χ1v) is 4.75. The minimum Gasteiger partial charge on any atom is -0.394 e. The van der Waals surface area contributed by atoms with Crippen molar-refractivity contribution in [1.82, 2.24) is 9.97 Å². The van der Waals surface area contributed by atoms with Crippen LogP contribution in [0.5, 0.6) is 0 Å². The number of aromatic nitrogens is 2. The van der Waals surface area contributed by atoms with Gasteiger partial charge in [0.15, 0.2) is 0 Å². The Morgan fingerprint density at radius 2 is 2.19 bits per heavy atom. The van der Waals surface area contributed by atoms with E-state index in [0.29, 0.717) is 6.42 Å². The van der Waals surface area contributed by atoms with Gasteiger partial charge >= 0.3 is 6.18 Å². The summed E-state index contributed by atoms with van der Waals surface area (Å²) in [4.78, 5) is 6.98. The fraction of sp³-hybridized carbons (Fsp3) is 0.556. The monoisotopic (exact) mass is 235 g/mol. The molecule has 0 spiro atoms. The van der Waals surface area contributed by atoms with Gasteiger partial charge in [-0.2, -0.15) is 13.2 Å². The van der Waals surface area contributed by atoms with E-state index in [1.807, 2.05) is 0 Å². The quantitative estimate of drug-likeness (QED) is 0.833. The van der Waals surface area contributed by atoms with Crippen LogP contribution in [-0.4, -0.2) is 27.7 Å². The van der Waals surface area contributed by atoms with Crippen molar-refractivity contribution < 1.29 is 18.3 Å². The smallest absolute Gasteiger partial charge is 0.394 e. The number of aliphatic hydroxyl groups is 1. The number of alkyl halides is 3. The van der Waals surface area contributed by atoms with Gasteiger partial charge in [-0.1, -0.05) is 6.92 Å². The van der Waals surface area contributed by atoms with Crippen LogP contribution < -0.4 is 5.32 Å². The zero-order valence-corrected chi connectivity index (χ0v) is 8.62. The maximum Gasteiger partial charge on any atom is 0.433 e. The Labute approximate surface area is 90.5 Å². The maximum absolute atomic E-state index is 12.3. The minimum absolute atomic E-state index is 0.129. The highest BCUT2D eigenvalue weighted by molar-refractivity contribution is 5.27. The van der Waals surface area contributed by atoms with E-state index in [0.717, 1.165) is 12.3 Å². The molecule has 0 bridgehead atoms. The topological polar surface area (TPSA) is 58.0 Å². The third-order valence-electron chi connectivity index (χ3n) is 1.99. The van der Waals surface area contributed by atoms with Crippen LogP contribution in [0.2, 0.25) is 0 Å². The Balaban J connectivity index is 2.82. The third kappa shape index (κ3) is 3.34. The molecule has 0 aliphatic heterocycles. The molecule has 2 N–H and O–H groups in total. The van der Waals surface area contributed by atoms with Crippen LogP contribution in [0.4, 0.5) is 19.1 Å². The normalized spacial score (nSPS) is 13.6. The molecule has 0 radical (unpaired) electrons. The van der Waals surface area contributed by atoms with Crippen molar-refractivity contribution in [2.75, 3.05) is 11.9 Å². The summed E-state index contributed by atoms with van der Waals surface area (Å²) in [5, 5.41) is 11.5. The van der Waals surface area contributed by atoms with Crippen molar-refractivity contribution in [3.8, 4) is 0 Å². The summed E-state index contributed by atoms with van der Waals surface area (Å²) in [5.74, 6) is -0.129. The lowest BCUT2D eigenvalue weighted by Gasteiger charge is -2.14. The molecule has 0 fully saturated rings. The van der Waals surface area contributed by atoms with Crippen LogP contribution in [-0.2, 0) is 6.18 Å². The van der Waals surface area contributed by atoms with Crippen LogP contribution in [0, 0.1) is 0 Å². The van der Waals surface area contributed by atoms with Crippen LogP contribution in [0.1, 0.15) is 19.0 Å². The molecule has 1 aromatic rings. The van der Waals surface area contributed by atoms with Crippen molar-refractivity contribution in [3.63, 3.8) is 0 Å². The van der Waals surface area contributed by atoms with E-state index < -0.39 is 11.9 Å². The van der Waals surface area contributed by atoms with Gasteiger partial charge in [-0.25, -0.2) is 9.97 Å². The lowest BCUT2D eigenvalue weighted by atomic mass is 10.2. The van der Waals surface area contributed by atoms with Gasteiger partial charge in [0.05, 0.1) is 12.6 Å². The molecule has 1 aromatic heterocycles. The molecule has 4 nitrogen and oxygen atoms in total. The van der Waals surface area contributed by atoms with Gasteiger partial charge in [0, 0.05) is 6.20 Å². The van der Waals surface area contributed by atoms with E-state index in [4.69, 9.17) is 5.11 Å². The Hall–Kier alpha value is -1.37. The first-order valence-electron chi connectivity index (χ1n) is 4.75. The molecule has 0 aliphatic carbocycles. The highest BCUT2D eigenvalue weighted by Gasteiger charge is 2.32. The molecule has 7 heteroatoms. The largest absolute Gasteiger partial charge is 0.433 e. The van der Waals surface area contributed by atoms with E-state index in [2.05, 4.69) is 15.3 Å². The average molecular weight is 235 g/mol. The number of hydrogen-bond donors (Lipinski definition) is 2. The van der Waals surface area contributed by atoms with Crippen LogP contribution >= 0.6 is 0 Å². The molecule has 1 rings (SSSR count). The van der Waals surface area contributed by atoms with Gasteiger partial charge in [-0.15, -0.1) is 0 Å². The standard InChI is InChI=1S/C9H12F3N3O/c1-2-6(5-16)14-8-13-4-3-7(15-8)9(10,11)12/h3-4,6,16H,2,5H2,1H3,(H,13,14,15)/t6-/m0/s1. The first kappa shape index (κ1) is 12.7. The lowest BCUT2D eigenvalue weighted by Crippen LogP contribution is -2.24. The Morgan fingerprint density at radius 1 is 1.50 bits per heavy atom. The third-order valence-corrected chi connectivity index (χ3v) is 1.99. The molecule has 0 aromatic carbocycles. The number of hydrogen-bond acceptors (Lipinski definition) is 4. The Bertz CT molecular complexity index is 339. The molecule has 90 valence electrons. The molecule has 0 unspecified atom stereocenters. The molecular weight excluding hydrogens is 223 g/mol. The van der Waals surface area contributed by atoms with E-state index in [1.165, 1.54) is 0 Å². The maximum atomic E-state index is 12.3. The number of aliphatic hydroxyl groups excluding tert-OH is 1. The van der Waals surface area contributed by atoms with Crippen molar-refractivity contribution in [1.29, 1.82) is 0 Å². The molecule has 1 heterocycles. The number of nitrogens with one attached hydrogen (secondary N) is 1. The minimum atomic E-state index is -4.49. The van der Waals surface area contributed by atoms with Crippen LogP contribution in [0.3, 0.4) is 0 Å². The summed E-state index contributed by atoms with van der Waals surface area (Å²) < 4.78 is 36.9. The van der Waals surface area contributed by atoms with Crippen molar-refractivity contribution in [3.05, 3.63) is 18.0 Å². The second-order valence-corrected chi connectivity index (χ2v) is 3.20. The van der Waals surface area contributed by atoms with E-state index in [9.17, 15) is 13.2 Å². The SMILES string of the molecule is CC[C@@H](CO)Nc1nccc(C(F)(F)F)n1. The van der Waals surface area contributed by atoms with E-state index >= 15 is 0 Å². The fourth-order valence-corrected chi connectivity index (χ4v) is 1.05. The van der Waals surface area contributed by atoms with Gasteiger partial charge in [-0.3, -0.25) is 0 Å². The zero-order chi connectivity index (χ0) is 12.2.